The quantitative estimate of drug-likeness (QED) is 0.578. The van der Waals surface area contributed by atoms with E-state index in [4.69, 9.17) is 9.84 Å². The average molecular weight is 245 g/mol. The number of carboxylic acid groups (broad SMARTS) is 1. The Morgan fingerprint density at radius 2 is 2.44 bits per heavy atom. The highest BCUT2D eigenvalue weighted by Gasteiger charge is 2.28. The zero-order valence-electron chi connectivity index (χ0n) is 8.97. The number of ketones is 1. The molecule has 1 heterocycles. The van der Waals surface area contributed by atoms with E-state index in [9.17, 15) is 9.59 Å². The number of ether oxygens (including phenoxy) is 1. The highest BCUT2D eigenvalue weighted by Crippen LogP contribution is 2.15. The second kappa shape index (κ2) is 5.91. The molecular formula is C10H15NO4S. The Bertz CT molecular complexity index is 316. The van der Waals surface area contributed by atoms with Crippen LogP contribution in [0.5, 0.6) is 0 Å². The van der Waals surface area contributed by atoms with Gasteiger partial charge >= 0.3 is 5.97 Å². The van der Waals surface area contributed by atoms with E-state index in [2.05, 4.69) is 17.9 Å². The third-order valence-corrected chi connectivity index (χ3v) is 2.69. The third kappa shape index (κ3) is 3.24. The van der Waals surface area contributed by atoms with Crippen LogP contribution in [0, 0.1) is 5.92 Å². The maximum atomic E-state index is 11.8. The van der Waals surface area contributed by atoms with E-state index in [0.717, 1.165) is 0 Å². The predicted octanol–water partition coefficient (Wildman–Crippen LogP) is 0.0783. The van der Waals surface area contributed by atoms with E-state index in [1.54, 1.807) is 0 Å². The minimum atomic E-state index is -1.05. The number of thiol groups is 1. The fourth-order valence-corrected chi connectivity index (χ4v) is 1.72. The first kappa shape index (κ1) is 13.1. The van der Waals surface area contributed by atoms with E-state index in [1.165, 1.54) is 6.08 Å². The number of rotatable bonds is 6. The lowest BCUT2D eigenvalue weighted by molar-refractivity contribution is -0.133. The molecule has 0 saturated carbocycles. The number of Topliss-reactive ketones (excluding diaryl/α,β-unsaturated/α-hetero) is 1. The summed E-state index contributed by atoms with van der Waals surface area (Å²) in [6.07, 6.45) is 1.43. The summed E-state index contributed by atoms with van der Waals surface area (Å²) in [4.78, 5) is 22.4. The molecule has 0 radical (unpaired) electrons. The van der Waals surface area contributed by atoms with Gasteiger partial charge in [0.25, 0.3) is 0 Å². The van der Waals surface area contributed by atoms with Crippen molar-refractivity contribution in [2.24, 2.45) is 5.92 Å². The van der Waals surface area contributed by atoms with Gasteiger partial charge in [-0.2, -0.15) is 12.6 Å². The Labute approximate surface area is 99.3 Å². The van der Waals surface area contributed by atoms with Crippen LogP contribution in [-0.2, 0) is 14.3 Å². The average Bonchev–Trinajstić information content (AvgIpc) is 2.74. The lowest BCUT2D eigenvalue weighted by Crippen LogP contribution is -2.30. The highest BCUT2D eigenvalue weighted by atomic mass is 32.1. The summed E-state index contributed by atoms with van der Waals surface area (Å²) in [6.45, 7) is 2.95. The van der Waals surface area contributed by atoms with E-state index in [-0.39, 0.29) is 18.1 Å². The van der Waals surface area contributed by atoms with Gasteiger partial charge in [-0.15, -0.1) is 0 Å². The van der Waals surface area contributed by atoms with Crippen LogP contribution >= 0.6 is 12.6 Å². The van der Waals surface area contributed by atoms with Crippen molar-refractivity contribution in [3.05, 3.63) is 11.8 Å². The van der Waals surface area contributed by atoms with E-state index < -0.39 is 17.1 Å². The smallest absolute Gasteiger partial charge is 0.351 e. The molecule has 0 aliphatic carbocycles. The normalized spacial score (nSPS) is 21.1. The van der Waals surface area contributed by atoms with Crippen LogP contribution in [-0.4, -0.2) is 41.9 Å². The van der Waals surface area contributed by atoms with Gasteiger partial charge in [0.05, 0.1) is 17.8 Å². The molecule has 1 aliphatic rings. The number of nitrogens with one attached hydrogen (secondary N) is 1. The summed E-state index contributed by atoms with van der Waals surface area (Å²) in [5.41, 5.74) is 0.0790. The van der Waals surface area contributed by atoms with E-state index >= 15 is 0 Å². The molecule has 0 spiro atoms. The van der Waals surface area contributed by atoms with Gasteiger partial charge in [-0.25, -0.2) is 4.79 Å². The van der Waals surface area contributed by atoms with Crippen LogP contribution in [0.4, 0.5) is 0 Å². The van der Waals surface area contributed by atoms with Crippen molar-refractivity contribution >= 4 is 24.4 Å². The van der Waals surface area contributed by atoms with Crippen molar-refractivity contribution in [1.82, 2.24) is 5.32 Å². The van der Waals surface area contributed by atoms with Crippen molar-refractivity contribution < 1.29 is 19.4 Å². The molecule has 0 aromatic rings. The van der Waals surface area contributed by atoms with Gasteiger partial charge in [-0.05, 0) is 13.0 Å². The zero-order valence-corrected chi connectivity index (χ0v) is 9.87. The van der Waals surface area contributed by atoms with Gasteiger partial charge in [-0.3, -0.25) is 4.79 Å². The van der Waals surface area contributed by atoms with E-state index in [1.807, 2.05) is 6.92 Å². The standard InChI is InChI=1S/C10H15NO4S/c1-2-15-5-8(16)9(12)6-3-7(10(13)14)11-4-6/h3,6,8,11,16H,2,4-5H2,1H3,(H,13,14). The maximum Gasteiger partial charge on any atom is 0.351 e. The fraction of sp³-hybridized carbons (Fsp3) is 0.600. The molecule has 6 heteroatoms. The number of hydrogen-bond donors (Lipinski definition) is 3. The minimum absolute atomic E-state index is 0.0790. The van der Waals surface area contributed by atoms with Crippen LogP contribution < -0.4 is 5.32 Å². The molecular weight excluding hydrogens is 230 g/mol. The SMILES string of the molecule is CCOCC(S)C(=O)C1C=C(C(=O)O)NC1. The molecule has 0 aromatic carbocycles. The fourth-order valence-electron chi connectivity index (χ4n) is 1.43. The largest absolute Gasteiger partial charge is 0.477 e. The van der Waals surface area contributed by atoms with E-state index in [0.29, 0.717) is 13.2 Å². The summed E-state index contributed by atoms with van der Waals surface area (Å²) in [6, 6.07) is 0. The van der Waals surface area contributed by atoms with Crippen LogP contribution in [0.1, 0.15) is 6.92 Å². The highest BCUT2D eigenvalue weighted by molar-refractivity contribution is 7.81. The molecule has 0 saturated heterocycles. The summed E-state index contributed by atoms with van der Waals surface area (Å²) in [7, 11) is 0. The predicted molar refractivity (Wildman–Crippen MR) is 61.5 cm³/mol. The molecule has 5 nitrogen and oxygen atoms in total. The number of carboxylic acids is 1. The van der Waals surface area contributed by atoms with Crippen molar-refractivity contribution in [3.8, 4) is 0 Å². The molecule has 2 N–H and O–H groups in total. The first-order chi connectivity index (χ1) is 7.56. The topological polar surface area (TPSA) is 75.6 Å². The Balaban J connectivity index is 2.53. The molecule has 0 bridgehead atoms. The van der Waals surface area contributed by atoms with Gasteiger partial charge in [0.15, 0.2) is 5.78 Å². The molecule has 0 aromatic heterocycles. The Morgan fingerprint density at radius 1 is 1.75 bits per heavy atom. The zero-order chi connectivity index (χ0) is 12.1. The molecule has 1 aliphatic heterocycles. The summed E-state index contributed by atoms with van der Waals surface area (Å²) in [5.74, 6) is -1.58. The van der Waals surface area contributed by atoms with Gasteiger partial charge in [0.2, 0.25) is 0 Å². The van der Waals surface area contributed by atoms with Crippen molar-refractivity contribution in [2.45, 2.75) is 12.2 Å². The Hall–Kier alpha value is -1.01. The number of carbonyl (C=O) groups excluding carboxylic acids is 1. The van der Waals surface area contributed by atoms with Gasteiger partial charge in [0.1, 0.15) is 5.70 Å². The van der Waals surface area contributed by atoms with Crippen molar-refractivity contribution in [1.29, 1.82) is 0 Å². The Morgan fingerprint density at radius 3 is 2.94 bits per heavy atom. The Kier molecular flexibility index (Phi) is 4.82. The first-order valence-electron chi connectivity index (χ1n) is 5.04. The van der Waals surface area contributed by atoms with Crippen LogP contribution in [0.2, 0.25) is 0 Å². The second-order valence-electron chi connectivity index (χ2n) is 3.45. The van der Waals surface area contributed by atoms with Crippen LogP contribution in [0.3, 0.4) is 0 Å². The molecule has 16 heavy (non-hydrogen) atoms. The van der Waals surface area contributed by atoms with Crippen LogP contribution in [0.25, 0.3) is 0 Å². The molecule has 0 fully saturated rings. The minimum Gasteiger partial charge on any atom is -0.477 e. The van der Waals surface area contributed by atoms with Gasteiger partial charge in [0, 0.05) is 13.2 Å². The molecule has 1 rings (SSSR count). The van der Waals surface area contributed by atoms with Crippen LogP contribution in [0.15, 0.2) is 11.8 Å². The van der Waals surface area contributed by atoms with Crippen molar-refractivity contribution in [2.75, 3.05) is 19.8 Å². The summed E-state index contributed by atoms with van der Waals surface area (Å²) < 4.78 is 5.10. The third-order valence-electron chi connectivity index (χ3n) is 2.28. The van der Waals surface area contributed by atoms with Crippen molar-refractivity contribution in [3.63, 3.8) is 0 Å². The molecule has 90 valence electrons. The molecule has 2 atom stereocenters. The summed E-state index contributed by atoms with van der Waals surface area (Å²) in [5, 5.41) is 10.9. The molecule has 2 unspecified atom stereocenters. The number of aliphatic carboxylic acids is 1. The van der Waals surface area contributed by atoms with Gasteiger partial charge in [-0.1, -0.05) is 0 Å². The lowest BCUT2D eigenvalue weighted by Gasteiger charge is -2.12. The lowest BCUT2D eigenvalue weighted by atomic mass is 10.0. The maximum absolute atomic E-state index is 11.8. The first-order valence-corrected chi connectivity index (χ1v) is 5.56. The molecule has 0 amide bonds. The number of hydrogen-bond acceptors (Lipinski definition) is 5. The monoisotopic (exact) mass is 245 g/mol. The van der Waals surface area contributed by atoms with Gasteiger partial charge < -0.3 is 15.2 Å². The summed E-state index contributed by atoms with van der Waals surface area (Å²) >= 11 is 4.14. The second-order valence-corrected chi connectivity index (χ2v) is 4.07. The number of carbonyl (C=O) groups is 2.